The molecule has 2 aromatic heterocycles. The molecule has 130 valence electrons. The van der Waals surface area contributed by atoms with Crippen molar-refractivity contribution in [2.24, 2.45) is 0 Å². The predicted octanol–water partition coefficient (Wildman–Crippen LogP) is 6.55. The lowest BCUT2D eigenvalue weighted by Crippen LogP contribution is -1.99. The molecule has 0 aliphatic heterocycles. The third-order valence-corrected chi connectivity index (χ3v) is 4.90. The zero-order valence-corrected chi connectivity index (χ0v) is 15.8. The first-order valence-electron chi connectivity index (χ1n) is 8.55. The number of hydrogen-bond acceptors (Lipinski definition) is 4. The molecule has 5 rings (SSSR count). The molecule has 0 aliphatic rings. The van der Waals surface area contributed by atoms with Crippen molar-refractivity contribution in [3.8, 4) is 11.3 Å². The topological polar surface area (TPSA) is 51.0 Å². The fraction of sp³-hybridized carbons (Fsp3) is 0. The van der Waals surface area contributed by atoms with Crippen molar-refractivity contribution in [2.45, 2.75) is 0 Å². The molecular weight excluding hydrogens is 402 g/mol. The fourth-order valence-corrected chi connectivity index (χ4v) is 3.37. The number of halogens is 1. The second-order valence-corrected chi connectivity index (χ2v) is 7.09. The van der Waals surface area contributed by atoms with Crippen LogP contribution >= 0.6 is 15.9 Å². The first-order chi connectivity index (χ1) is 13.3. The summed E-state index contributed by atoms with van der Waals surface area (Å²) in [5.74, 6) is 0.540. The van der Waals surface area contributed by atoms with Crippen LogP contribution in [0.1, 0.15) is 0 Å². The summed E-state index contributed by atoms with van der Waals surface area (Å²) in [6, 6.07) is 25.9. The molecule has 0 saturated carbocycles. The van der Waals surface area contributed by atoms with Crippen molar-refractivity contribution in [1.82, 2.24) is 9.97 Å². The Kier molecular flexibility index (Phi) is 3.87. The number of aromatic nitrogens is 2. The van der Waals surface area contributed by atoms with Gasteiger partial charge in [-0.25, -0.2) is 9.97 Å². The summed E-state index contributed by atoms with van der Waals surface area (Å²) >= 11 is 3.49. The highest BCUT2D eigenvalue weighted by atomic mass is 79.9. The molecular formula is C22H14BrN3O. The lowest BCUT2D eigenvalue weighted by Gasteiger charge is -2.08. The molecule has 5 aromatic rings. The van der Waals surface area contributed by atoms with Gasteiger partial charge in [-0.1, -0.05) is 58.4 Å². The molecule has 0 aliphatic carbocycles. The van der Waals surface area contributed by atoms with E-state index in [2.05, 4.69) is 21.2 Å². The van der Waals surface area contributed by atoms with Gasteiger partial charge in [0.2, 0.25) is 5.95 Å². The van der Waals surface area contributed by atoms with E-state index in [0.717, 1.165) is 37.9 Å². The Balaban J connectivity index is 1.76. The lowest BCUT2D eigenvalue weighted by molar-refractivity contribution is 0.667. The minimum atomic E-state index is 0.540. The molecule has 4 nitrogen and oxygen atoms in total. The monoisotopic (exact) mass is 415 g/mol. The molecule has 27 heavy (non-hydrogen) atoms. The van der Waals surface area contributed by atoms with Crippen LogP contribution in [0.4, 0.5) is 11.6 Å². The van der Waals surface area contributed by atoms with Gasteiger partial charge in [-0.2, -0.15) is 0 Å². The maximum atomic E-state index is 6.11. The van der Waals surface area contributed by atoms with Crippen LogP contribution in [0.25, 0.3) is 33.3 Å². The standard InChI is InChI=1S/C22H14BrN3O/c23-15-12-10-14(11-13-15)19-21-20(17-8-4-5-9-18(17)27-21)26-22(25-19)24-16-6-2-1-3-7-16/h1-13H,(H,24,25,26). The van der Waals surface area contributed by atoms with E-state index in [0.29, 0.717) is 11.5 Å². The maximum Gasteiger partial charge on any atom is 0.228 e. The number of nitrogens with zero attached hydrogens (tertiary/aromatic N) is 2. The summed E-state index contributed by atoms with van der Waals surface area (Å²) < 4.78 is 7.13. The summed E-state index contributed by atoms with van der Waals surface area (Å²) in [5.41, 5.74) is 4.97. The minimum absolute atomic E-state index is 0.540. The second-order valence-electron chi connectivity index (χ2n) is 6.17. The van der Waals surface area contributed by atoms with E-state index in [4.69, 9.17) is 14.4 Å². The van der Waals surface area contributed by atoms with Crippen LogP contribution in [0.5, 0.6) is 0 Å². The Labute approximate surface area is 164 Å². The van der Waals surface area contributed by atoms with Crippen molar-refractivity contribution in [3.63, 3.8) is 0 Å². The number of nitrogens with one attached hydrogen (secondary N) is 1. The van der Waals surface area contributed by atoms with Crippen LogP contribution in [-0.2, 0) is 0 Å². The van der Waals surface area contributed by atoms with Crippen molar-refractivity contribution in [3.05, 3.63) is 83.3 Å². The van der Waals surface area contributed by atoms with Crippen molar-refractivity contribution < 1.29 is 4.42 Å². The second kappa shape index (κ2) is 6.52. The Bertz CT molecular complexity index is 1250. The third-order valence-electron chi connectivity index (χ3n) is 4.37. The molecule has 0 bridgehead atoms. The molecule has 0 unspecified atom stereocenters. The van der Waals surface area contributed by atoms with Crippen LogP contribution in [0.3, 0.4) is 0 Å². The van der Waals surface area contributed by atoms with Crippen molar-refractivity contribution in [1.29, 1.82) is 0 Å². The van der Waals surface area contributed by atoms with Gasteiger partial charge in [-0.05, 0) is 36.4 Å². The molecule has 0 fully saturated rings. The Morgan fingerprint density at radius 2 is 1.52 bits per heavy atom. The van der Waals surface area contributed by atoms with Crippen LogP contribution in [-0.4, -0.2) is 9.97 Å². The Morgan fingerprint density at radius 1 is 0.778 bits per heavy atom. The number of para-hydroxylation sites is 2. The first-order valence-corrected chi connectivity index (χ1v) is 9.34. The SMILES string of the molecule is Brc1ccc(-c2nc(Nc3ccccc3)nc3c2oc2ccccc23)cc1. The Hall–Kier alpha value is -3.18. The Morgan fingerprint density at radius 3 is 2.33 bits per heavy atom. The summed E-state index contributed by atoms with van der Waals surface area (Å²) in [4.78, 5) is 9.50. The predicted molar refractivity (Wildman–Crippen MR) is 112 cm³/mol. The minimum Gasteiger partial charge on any atom is -0.452 e. The molecule has 2 heterocycles. The van der Waals surface area contributed by atoms with E-state index in [1.807, 2.05) is 78.9 Å². The number of hydrogen-bond donors (Lipinski definition) is 1. The van der Waals surface area contributed by atoms with Crippen LogP contribution in [0, 0.1) is 0 Å². The number of fused-ring (bicyclic) bond motifs is 3. The molecule has 0 amide bonds. The van der Waals surface area contributed by atoms with Gasteiger partial charge in [0, 0.05) is 21.1 Å². The van der Waals surface area contributed by atoms with Gasteiger partial charge in [0.1, 0.15) is 16.8 Å². The maximum absolute atomic E-state index is 6.11. The normalized spacial score (nSPS) is 11.1. The summed E-state index contributed by atoms with van der Waals surface area (Å²) in [7, 11) is 0. The van der Waals surface area contributed by atoms with Gasteiger partial charge < -0.3 is 9.73 Å². The van der Waals surface area contributed by atoms with Crippen molar-refractivity contribution >= 4 is 49.6 Å². The lowest BCUT2D eigenvalue weighted by atomic mass is 10.1. The average Bonchev–Trinajstić information content (AvgIpc) is 3.08. The molecule has 0 radical (unpaired) electrons. The largest absolute Gasteiger partial charge is 0.452 e. The molecule has 3 aromatic carbocycles. The van der Waals surface area contributed by atoms with Crippen LogP contribution < -0.4 is 5.32 Å². The highest BCUT2D eigenvalue weighted by Crippen LogP contribution is 2.35. The van der Waals surface area contributed by atoms with E-state index in [9.17, 15) is 0 Å². The fourth-order valence-electron chi connectivity index (χ4n) is 3.10. The highest BCUT2D eigenvalue weighted by Gasteiger charge is 2.17. The molecule has 0 saturated heterocycles. The number of rotatable bonds is 3. The molecule has 0 spiro atoms. The van der Waals surface area contributed by atoms with Crippen LogP contribution in [0.2, 0.25) is 0 Å². The van der Waals surface area contributed by atoms with E-state index in [1.54, 1.807) is 0 Å². The summed E-state index contributed by atoms with van der Waals surface area (Å²) in [6.07, 6.45) is 0. The molecule has 1 N–H and O–H groups in total. The smallest absolute Gasteiger partial charge is 0.228 e. The average molecular weight is 416 g/mol. The first kappa shape index (κ1) is 16.0. The summed E-state index contributed by atoms with van der Waals surface area (Å²) in [6.45, 7) is 0. The van der Waals surface area contributed by atoms with E-state index in [-0.39, 0.29) is 0 Å². The van der Waals surface area contributed by atoms with E-state index in [1.165, 1.54) is 0 Å². The van der Waals surface area contributed by atoms with Gasteiger partial charge >= 0.3 is 0 Å². The number of anilines is 2. The third kappa shape index (κ3) is 2.96. The zero-order chi connectivity index (χ0) is 18.2. The quantitative estimate of drug-likeness (QED) is 0.362. The number of furan rings is 1. The highest BCUT2D eigenvalue weighted by molar-refractivity contribution is 9.10. The van der Waals surface area contributed by atoms with Gasteiger partial charge in [0.25, 0.3) is 0 Å². The van der Waals surface area contributed by atoms with Gasteiger partial charge in [0.15, 0.2) is 5.58 Å². The van der Waals surface area contributed by atoms with Gasteiger partial charge in [-0.3, -0.25) is 0 Å². The van der Waals surface area contributed by atoms with E-state index < -0.39 is 0 Å². The molecule has 0 atom stereocenters. The summed E-state index contributed by atoms with van der Waals surface area (Å²) in [5, 5.41) is 4.28. The van der Waals surface area contributed by atoms with Crippen molar-refractivity contribution in [2.75, 3.05) is 5.32 Å². The number of benzene rings is 3. The zero-order valence-electron chi connectivity index (χ0n) is 14.2. The molecule has 5 heteroatoms. The van der Waals surface area contributed by atoms with Gasteiger partial charge in [0.05, 0.1) is 0 Å². The van der Waals surface area contributed by atoms with Crippen LogP contribution in [0.15, 0.2) is 87.8 Å². The van der Waals surface area contributed by atoms with Gasteiger partial charge in [-0.15, -0.1) is 0 Å². The van der Waals surface area contributed by atoms with E-state index >= 15 is 0 Å².